The van der Waals surface area contributed by atoms with Crippen molar-refractivity contribution in [3.05, 3.63) is 34.6 Å². The number of ether oxygens (including phenoxy) is 1. The van der Waals surface area contributed by atoms with Crippen molar-refractivity contribution in [3.63, 3.8) is 0 Å². The standard InChI is InChI=1S/C9H6F3NO3/c1-16-9(15)3-2-4(10)7(12)5(6(3)11)8(13)14/h2H,1H3,(H2,13,14). The third-order valence-electron chi connectivity index (χ3n) is 1.81. The van der Waals surface area contributed by atoms with Gasteiger partial charge < -0.3 is 10.5 Å². The monoisotopic (exact) mass is 233 g/mol. The molecule has 0 aliphatic carbocycles. The second-order valence-corrected chi connectivity index (χ2v) is 2.76. The summed E-state index contributed by atoms with van der Waals surface area (Å²) in [6.07, 6.45) is 0. The minimum absolute atomic E-state index is 0.295. The van der Waals surface area contributed by atoms with Crippen LogP contribution in [0.15, 0.2) is 6.07 Å². The molecule has 1 rings (SSSR count). The number of benzene rings is 1. The van der Waals surface area contributed by atoms with Crippen LogP contribution in [0.25, 0.3) is 0 Å². The van der Waals surface area contributed by atoms with Crippen molar-refractivity contribution in [2.24, 2.45) is 5.73 Å². The van der Waals surface area contributed by atoms with E-state index in [-0.39, 0.29) is 0 Å². The lowest BCUT2D eigenvalue weighted by atomic mass is 10.1. The number of amides is 1. The minimum Gasteiger partial charge on any atom is -0.465 e. The van der Waals surface area contributed by atoms with Crippen LogP contribution in [0, 0.1) is 17.5 Å². The van der Waals surface area contributed by atoms with Gasteiger partial charge in [-0.3, -0.25) is 4.79 Å². The Morgan fingerprint density at radius 1 is 1.25 bits per heavy atom. The predicted molar refractivity (Wildman–Crippen MR) is 46.2 cm³/mol. The molecule has 0 atom stereocenters. The van der Waals surface area contributed by atoms with Gasteiger partial charge in [0, 0.05) is 0 Å². The van der Waals surface area contributed by atoms with E-state index in [2.05, 4.69) is 10.5 Å². The molecule has 0 radical (unpaired) electrons. The van der Waals surface area contributed by atoms with Crippen LogP contribution < -0.4 is 5.73 Å². The molecule has 1 aromatic rings. The van der Waals surface area contributed by atoms with Crippen molar-refractivity contribution in [1.82, 2.24) is 0 Å². The molecule has 0 heterocycles. The van der Waals surface area contributed by atoms with Crippen LogP contribution in [0.1, 0.15) is 20.7 Å². The second kappa shape index (κ2) is 4.21. The number of carbonyl (C=O) groups is 2. The Balaban J connectivity index is 3.56. The van der Waals surface area contributed by atoms with Crippen molar-refractivity contribution >= 4 is 11.9 Å². The second-order valence-electron chi connectivity index (χ2n) is 2.76. The maximum Gasteiger partial charge on any atom is 0.340 e. The van der Waals surface area contributed by atoms with E-state index in [1.807, 2.05) is 0 Å². The van der Waals surface area contributed by atoms with E-state index in [1.54, 1.807) is 0 Å². The zero-order valence-corrected chi connectivity index (χ0v) is 8.01. The molecule has 16 heavy (non-hydrogen) atoms. The van der Waals surface area contributed by atoms with Crippen molar-refractivity contribution in [2.75, 3.05) is 7.11 Å². The lowest BCUT2D eigenvalue weighted by Crippen LogP contribution is -2.19. The molecule has 0 aliphatic heterocycles. The molecule has 7 heteroatoms. The fraction of sp³-hybridized carbons (Fsp3) is 0.111. The highest BCUT2D eigenvalue weighted by atomic mass is 19.2. The van der Waals surface area contributed by atoms with E-state index >= 15 is 0 Å². The Bertz CT molecular complexity index is 474. The maximum atomic E-state index is 13.4. The first-order valence-corrected chi connectivity index (χ1v) is 3.95. The molecular formula is C9H6F3NO3. The third kappa shape index (κ3) is 1.83. The minimum atomic E-state index is -1.74. The fourth-order valence-corrected chi connectivity index (χ4v) is 1.08. The summed E-state index contributed by atoms with van der Waals surface area (Å²) in [4.78, 5) is 21.7. The Kier molecular flexibility index (Phi) is 3.17. The zero-order chi connectivity index (χ0) is 12.5. The number of nitrogens with two attached hydrogens (primary N) is 1. The van der Waals surface area contributed by atoms with Crippen molar-refractivity contribution in [1.29, 1.82) is 0 Å². The summed E-state index contributed by atoms with van der Waals surface area (Å²) in [6, 6.07) is 0.295. The largest absolute Gasteiger partial charge is 0.465 e. The Hall–Kier alpha value is -2.05. The third-order valence-corrected chi connectivity index (χ3v) is 1.81. The van der Waals surface area contributed by atoms with E-state index in [0.29, 0.717) is 6.07 Å². The molecule has 2 N–H and O–H groups in total. The highest BCUT2D eigenvalue weighted by molar-refractivity contribution is 5.97. The van der Waals surface area contributed by atoms with Gasteiger partial charge in [-0.25, -0.2) is 18.0 Å². The molecule has 0 saturated carbocycles. The molecule has 0 aliphatic rings. The van der Waals surface area contributed by atoms with Crippen molar-refractivity contribution < 1.29 is 27.5 Å². The van der Waals surface area contributed by atoms with E-state index in [1.165, 1.54) is 0 Å². The summed E-state index contributed by atoms with van der Waals surface area (Å²) in [5.41, 5.74) is 2.46. The highest BCUT2D eigenvalue weighted by Gasteiger charge is 2.26. The molecular weight excluding hydrogens is 227 g/mol. The normalized spacial score (nSPS) is 10.0. The number of rotatable bonds is 2. The van der Waals surface area contributed by atoms with Gasteiger partial charge in [0.15, 0.2) is 17.5 Å². The number of hydrogen-bond acceptors (Lipinski definition) is 3. The quantitative estimate of drug-likeness (QED) is 0.611. The molecule has 0 unspecified atom stereocenters. The van der Waals surface area contributed by atoms with Gasteiger partial charge in [-0.05, 0) is 6.07 Å². The predicted octanol–water partition coefficient (Wildman–Crippen LogP) is 0.989. The van der Waals surface area contributed by atoms with Gasteiger partial charge in [-0.2, -0.15) is 0 Å². The summed E-state index contributed by atoms with van der Waals surface area (Å²) < 4.78 is 43.4. The summed E-state index contributed by atoms with van der Waals surface area (Å²) >= 11 is 0. The van der Waals surface area contributed by atoms with E-state index in [4.69, 9.17) is 0 Å². The molecule has 0 fully saturated rings. The average molecular weight is 233 g/mol. The smallest absolute Gasteiger partial charge is 0.340 e. The molecule has 0 spiro atoms. The molecule has 1 aromatic carbocycles. The first kappa shape index (κ1) is 12.0. The first-order valence-electron chi connectivity index (χ1n) is 3.95. The summed E-state index contributed by atoms with van der Waals surface area (Å²) in [5, 5.41) is 0. The summed E-state index contributed by atoms with van der Waals surface area (Å²) in [7, 11) is 0.924. The van der Waals surface area contributed by atoms with Gasteiger partial charge in [0.05, 0.1) is 12.7 Å². The van der Waals surface area contributed by atoms with Crippen LogP contribution in [0.2, 0.25) is 0 Å². The molecule has 0 saturated heterocycles. The lowest BCUT2D eigenvalue weighted by Gasteiger charge is -2.06. The van der Waals surface area contributed by atoms with Crippen LogP contribution in [0.5, 0.6) is 0 Å². The van der Waals surface area contributed by atoms with Gasteiger partial charge >= 0.3 is 5.97 Å². The van der Waals surface area contributed by atoms with Crippen LogP contribution >= 0.6 is 0 Å². The van der Waals surface area contributed by atoms with Gasteiger partial charge in [0.2, 0.25) is 0 Å². The number of hydrogen-bond donors (Lipinski definition) is 1. The van der Waals surface area contributed by atoms with Crippen molar-refractivity contribution in [3.8, 4) is 0 Å². The van der Waals surface area contributed by atoms with E-state index in [9.17, 15) is 22.8 Å². The number of halogens is 3. The number of carbonyl (C=O) groups excluding carboxylic acids is 2. The number of esters is 1. The lowest BCUT2D eigenvalue weighted by molar-refractivity contribution is 0.0594. The molecule has 1 amide bonds. The Labute approximate surface area is 87.8 Å². The maximum absolute atomic E-state index is 13.4. The molecule has 0 aromatic heterocycles. The highest BCUT2D eigenvalue weighted by Crippen LogP contribution is 2.20. The van der Waals surface area contributed by atoms with E-state index < -0.39 is 40.5 Å². The van der Waals surface area contributed by atoms with Crippen LogP contribution in [0.3, 0.4) is 0 Å². The average Bonchev–Trinajstić information content (AvgIpc) is 2.22. The Morgan fingerprint density at radius 2 is 1.81 bits per heavy atom. The number of primary amides is 1. The van der Waals surface area contributed by atoms with Crippen LogP contribution in [0.4, 0.5) is 13.2 Å². The van der Waals surface area contributed by atoms with Gasteiger partial charge in [0.1, 0.15) is 5.56 Å². The zero-order valence-electron chi connectivity index (χ0n) is 8.01. The molecule has 0 bridgehead atoms. The fourth-order valence-electron chi connectivity index (χ4n) is 1.08. The van der Waals surface area contributed by atoms with Gasteiger partial charge in [-0.1, -0.05) is 0 Å². The summed E-state index contributed by atoms with van der Waals surface area (Å²) in [5.74, 6) is -7.59. The van der Waals surface area contributed by atoms with Crippen molar-refractivity contribution in [2.45, 2.75) is 0 Å². The van der Waals surface area contributed by atoms with E-state index in [0.717, 1.165) is 7.11 Å². The molecule has 4 nitrogen and oxygen atoms in total. The van der Waals surface area contributed by atoms with Crippen LogP contribution in [-0.2, 0) is 4.74 Å². The Morgan fingerprint density at radius 3 is 2.25 bits per heavy atom. The SMILES string of the molecule is COC(=O)c1cc(F)c(F)c(C(N)=O)c1F. The molecule has 86 valence electrons. The van der Waals surface area contributed by atoms with Crippen LogP contribution in [-0.4, -0.2) is 19.0 Å². The van der Waals surface area contributed by atoms with Gasteiger partial charge in [-0.15, -0.1) is 0 Å². The number of methoxy groups -OCH3 is 1. The summed E-state index contributed by atoms with van der Waals surface area (Å²) in [6.45, 7) is 0. The topological polar surface area (TPSA) is 69.4 Å². The van der Waals surface area contributed by atoms with Gasteiger partial charge in [0.25, 0.3) is 5.91 Å². The first-order chi connectivity index (χ1) is 7.40.